The monoisotopic (exact) mass is 296 g/mol. The van der Waals surface area contributed by atoms with Gasteiger partial charge in [-0.25, -0.2) is 0 Å². The lowest BCUT2D eigenvalue weighted by molar-refractivity contribution is 0.0613. The van der Waals surface area contributed by atoms with Crippen molar-refractivity contribution in [3.63, 3.8) is 0 Å². The maximum absolute atomic E-state index is 9.14. The van der Waals surface area contributed by atoms with E-state index in [-0.39, 0.29) is 18.7 Å². The van der Waals surface area contributed by atoms with Gasteiger partial charge in [0, 0.05) is 36.3 Å². The maximum Gasteiger partial charge on any atom is 0.0499 e. The van der Waals surface area contributed by atoms with Crippen LogP contribution in [0.1, 0.15) is 44.2 Å². The van der Waals surface area contributed by atoms with E-state index in [0.29, 0.717) is 6.04 Å². The van der Waals surface area contributed by atoms with Crippen LogP contribution in [-0.4, -0.2) is 35.2 Å². The summed E-state index contributed by atoms with van der Waals surface area (Å²) in [5, 5.41) is 9.90. The number of rotatable bonds is 7. The third kappa shape index (κ3) is 3.73. The SMILES string of the molecule is CC(N)C(c1cccc(Cl)c1)N(CCCO)C1CCC1. The molecule has 0 radical (unpaired) electrons. The smallest absolute Gasteiger partial charge is 0.0499 e. The van der Waals surface area contributed by atoms with E-state index in [1.165, 1.54) is 24.8 Å². The van der Waals surface area contributed by atoms with E-state index >= 15 is 0 Å². The minimum atomic E-state index is 0.0350. The number of nitrogens with two attached hydrogens (primary N) is 1. The van der Waals surface area contributed by atoms with Crippen LogP contribution in [0.3, 0.4) is 0 Å². The summed E-state index contributed by atoms with van der Waals surface area (Å²) in [6, 6.07) is 8.79. The molecule has 0 saturated heterocycles. The third-order valence-electron chi connectivity index (χ3n) is 4.16. The first kappa shape index (κ1) is 15.8. The van der Waals surface area contributed by atoms with Gasteiger partial charge in [0.15, 0.2) is 0 Å². The molecule has 0 aromatic heterocycles. The van der Waals surface area contributed by atoms with Crippen LogP contribution in [-0.2, 0) is 0 Å². The number of benzene rings is 1. The minimum Gasteiger partial charge on any atom is -0.396 e. The average molecular weight is 297 g/mol. The fraction of sp³-hybridized carbons (Fsp3) is 0.625. The highest BCUT2D eigenvalue weighted by molar-refractivity contribution is 6.30. The molecular weight excluding hydrogens is 272 g/mol. The van der Waals surface area contributed by atoms with Crippen molar-refractivity contribution in [2.24, 2.45) is 5.73 Å². The fourth-order valence-electron chi connectivity index (χ4n) is 3.01. The lowest BCUT2D eigenvalue weighted by atomic mass is 9.87. The quantitative estimate of drug-likeness (QED) is 0.813. The predicted octanol–water partition coefficient (Wildman–Crippen LogP) is 2.97. The molecule has 1 aliphatic rings. The molecule has 0 heterocycles. The molecule has 2 unspecified atom stereocenters. The Hall–Kier alpha value is -0.610. The molecule has 20 heavy (non-hydrogen) atoms. The van der Waals surface area contributed by atoms with Crippen molar-refractivity contribution in [3.8, 4) is 0 Å². The standard InChI is InChI=1S/C16H25ClN2O/c1-12(18)16(13-5-2-6-14(17)11-13)19(9-4-10-20)15-7-3-8-15/h2,5-6,11-12,15-16,20H,3-4,7-10,18H2,1H3. The normalized spacial score (nSPS) is 18.9. The zero-order valence-corrected chi connectivity index (χ0v) is 12.9. The molecule has 3 N–H and O–H groups in total. The molecule has 1 aliphatic carbocycles. The number of aliphatic hydroxyl groups is 1. The molecule has 2 rings (SSSR count). The second-order valence-electron chi connectivity index (χ2n) is 5.76. The third-order valence-corrected chi connectivity index (χ3v) is 4.40. The molecule has 0 bridgehead atoms. The maximum atomic E-state index is 9.14. The highest BCUT2D eigenvalue weighted by atomic mass is 35.5. The Morgan fingerprint density at radius 2 is 2.20 bits per heavy atom. The Morgan fingerprint density at radius 1 is 1.45 bits per heavy atom. The van der Waals surface area contributed by atoms with Gasteiger partial charge in [0.2, 0.25) is 0 Å². The van der Waals surface area contributed by atoms with Gasteiger partial charge in [0.1, 0.15) is 0 Å². The Bertz CT molecular complexity index is 421. The van der Waals surface area contributed by atoms with Gasteiger partial charge in [-0.3, -0.25) is 4.90 Å². The predicted molar refractivity (Wildman–Crippen MR) is 83.9 cm³/mol. The van der Waals surface area contributed by atoms with Crippen LogP contribution < -0.4 is 5.73 Å². The molecule has 2 atom stereocenters. The van der Waals surface area contributed by atoms with E-state index in [9.17, 15) is 0 Å². The van der Waals surface area contributed by atoms with Gasteiger partial charge < -0.3 is 10.8 Å². The second-order valence-corrected chi connectivity index (χ2v) is 6.20. The first-order valence-corrected chi connectivity index (χ1v) is 7.89. The van der Waals surface area contributed by atoms with Crippen LogP contribution in [0.2, 0.25) is 5.02 Å². The van der Waals surface area contributed by atoms with Gasteiger partial charge in [0.05, 0.1) is 0 Å². The lowest BCUT2D eigenvalue weighted by Crippen LogP contribution is -2.48. The zero-order valence-electron chi connectivity index (χ0n) is 12.1. The van der Waals surface area contributed by atoms with Crippen LogP contribution in [0.5, 0.6) is 0 Å². The summed E-state index contributed by atoms with van der Waals surface area (Å²) in [7, 11) is 0. The highest BCUT2D eigenvalue weighted by Gasteiger charge is 2.32. The molecule has 0 spiro atoms. The summed E-state index contributed by atoms with van der Waals surface area (Å²) in [6.07, 6.45) is 4.55. The van der Waals surface area contributed by atoms with Crippen molar-refractivity contribution in [3.05, 3.63) is 34.9 Å². The van der Waals surface area contributed by atoms with Gasteiger partial charge >= 0.3 is 0 Å². The van der Waals surface area contributed by atoms with Crippen LogP contribution in [0.4, 0.5) is 0 Å². The van der Waals surface area contributed by atoms with Crippen LogP contribution >= 0.6 is 11.6 Å². The van der Waals surface area contributed by atoms with Crippen LogP contribution in [0.25, 0.3) is 0 Å². The summed E-state index contributed by atoms with van der Waals surface area (Å²) < 4.78 is 0. The van der Waals surface area contributed by atoms with Crippen LogP contribution in [0, 0.1) is 0 Å². The van der Waals surface area contributed by atoms with Gasteiger partial charge in [0.25, 0.3) is 0 Å². The average Bonchev–Trinajstić information content (AvgIpc) is 2.33. The van der Waals surface area contributed by atoms with E-state index in [2.05, 4.69) is 17.9 Å². The van der Waals surface area contributed by atoms with Gasteiger partial charge in [-0.05, 0) is 43.9 Å². The van der Waals surface area contributed by atoms with Gasteiger partial charge in [-0.15, -0.1) is 0 Å². The number of hydrogen-bond donors (Lipinski definition) is 2. The van der Waals surface area contributed by atoms with E-state index in [0.717, 1.165) is 18.0 Å². The first-order chi connectivity index (χ1) is 9.63. The lowest BCUT2D eigenvalue weighted by Gasteiger charge is -2.44. The summed E-state index contributed by atoms with van der Waals surface area (Å²) in [5.41, 5.74) is 7.44. The van der Waals surface area contributed by atoms with Crippen molar-refractivity contribution < 1.29 is 5.11 Å². The zero-order chi connectivity index (χ0) is 14.5. The van der Waals surface area contributed by atoms with Gasteiger partial charge in [-0.1, -0.05) is 30.2 Å². The second kappa shape index (κ2) is 7.41. The topological polar surface area (TPSA) is 49.5 Å². The van der Waals surface area contributed by atoms with Crippen molar-refractivity contribution >= 4 is 11.6 Å². The molecule has 3 nitrogen and oxygen atoms in total. The van der Waals surface area contributed by atoms with E-state index in [4.69, 9.17) is 22.4 Å². The van der Waals surface area contributed by atoms with Crippen molar-refractivity contribution in [1.29, 1.82) is 0 Å². The van der Waals surface area contributed by atoms with E-state index in [1.807, 2.05) is 18.2 Å². The molecule has 1 saturated carbocycles. The molecule has 1 fully saturated rings. The molecule has 112 valence electrons. The fourth-order valence-corrected chi connectivity index (χ4v) is 3.21. The summed E-state index contributed by atoms with van der Waals surface area (Å²) in [5.74, 6) is 0. The number of nitrogens with zero attached hydrogens (tertiary/aromatic N) is 1. The van der Waals surface area contributed by atoms with Crippen molar-refractivity contribution in [2.75, 3.05) is 13.2 Å². The Kier molecular flexibility index (Phi) is 5.85. The number of hydrogen-bond acceptors (Lipinski definition) is 3. The molecule has 4 heteroatoms. The van der Waals surface area contributed by atoms with Crippen molar-refractivity contribution in [1.82, 2.24) is 4.90 Å². The molecular formula is C16H25ClN2O. The Balaban J connectivity index is 2.23. The van der Waals surface area contributed by atoms with Crippen LogP contribution in [0.15, 0.2) is 24.3 Å². The Labute approximate surface area is 126 Å². The summed E-state index contributed by atoms with van der Waals surface area (Å²) >= 11 is 6.13. The highest BCUT2D eigenvalue weighted by Crippen LogP contribution is 2.34. The van der Waals surface area contributed by atoms with E-state index in [1.54, 1.807) is 0 Å². The van der Waals surface area contributed by atoms with Crippen molar-refractivity contribution in [2.45, 2.75) is 50.7 Å². The van der Waals surface area contributed by atoms with E-state index < -0.39 is 0 Å². The van der Waals surface area contributed by atoms with Gasteiger partial charge in [-0.2, -0.15) is 0 Å². The molecule has 1 aromatic carbocycles. The Morgan fingerprint density at radius 3 is 2.70 bits per heavy atom. The summed E-state index contributed by atoms with van der Waals surface area (Å²) in [4.78, 5) is 2.47. The first-order valence-electron chi connectivity index (χ1n) is 7.51. The summed E-state index contributed by atoms with van der Waals surface area (Å²) in [6.45, 7) is 3.17. The number of halogens is 1. The molecule has 1 aromatic rings. The molecule has 0 aliphatic heterocycles. The number of aliphatic hydroxyl groups excluding tert-OH is 1. The minimum absolute atomic E-state index is 0.0350. The largest absolute Gasteiger partial charge is 0.396 e. The molecule has 0 amide bonds.